The predicted octanol–water partition coefficient (Wildman–Crippen LogP) is 0.821. The largest absolute Gasteiger partial charge is 0.478 e. The second-order valence-corrected chi connectivity index (χ2v) is 2.94. The SMILES string of the molecule is O=C(O)c1cncc(F)c1.OCc1ccn[nH]1. The molecule has 17 heavy (non-hydrogen) atoms. The van der Waals surface area contributed by atoms with Gasteiger partial charge >= 0.3 is 5.97 Å². The molecule has 2 aromatic heterocycles. The number of carboxylic acids is 1. The molecule has 0 fully saturated rings. The Hall–Kier alpha value is -2.28. The lowest BCUT2D eigenvalue weighted by atomic mass is 10.3. The maximum absolute atomic E-state index is 12.2. The number of hydrogen-bond acceptors (Lipinski definition) is 4. The standard InChI is InChI=1S/C6H4FNO2.C4H6N2O/c7-5-1-4(6(9)10)2-8-3-5;7-3-4-1-2-5-6-4/h1-3H,(H,9,10);1-2,7H,3H2,(H,5,6). The highest BCUT2D eigenvalue weighted by Gasteiger charge is 2.02. The van der Waals surface area contributed by atoms with Crippen LogP contribution in [0.15, 0.2) is 30.7 Å². The number of hydrogen-bond donors (Lipinski definition) is 3. The molecule has 0 aliphatic heterocycles. The van der Waals surface area contributed by atoms with E-state index in [0.29, 0.717) is 0 Å². The van der Waals surface area contributed by atoms with E-state index in [1.165, 1.54) is 0 Å². The number of carbonyl (C=O) groups is 1. The molecule has 0 spiro atoms. The third-order valence-corrected chi connectivity index (χ3v) is 1.68. The van der Waals surface area contributed by atoms with Crippen molar-refractivity contribution in [3.63, 3.8) is 0 Å². The predicted molar refractivity (Wildman–Crippen MR) is 55.7 cm³/mol. The van der Waals surface area contributed by atoms with Crippen LogP contribution in [0.25, 0.3) is 0 Å². The number of aliphatic hydroxyl groups is 1. The third-order valence-electron chi connectivity index (χ3n) is 1.68. The Morgan fingerprint density at radius 1 is 1.47 bits per heavy atom. The van der Waals surface area contributed by atoms with E-state index in [0.717, 1.165) is 24.2 Å². The minimum atomic E-state index is -1.17. The summed E-state index contributed by atoms with van der Waals surface area (Å²) in [6, 6.07) is 2.63. The molecule has 0 atom stereocenters. The molecular weight excluding hydrogens is 229 g/mol. The first kappa shape index (κ1) is 12.8. The fraction of sp³-hybridized carbons (Fsp3) is 0.100. The molecule has 2 aromatic rings. The van der Waals surface area contributed by atoms with Crippen molar-refractivity contribution in [2.24, 2.45) is 0 Å². The van der Waals surface area contributed by atoms with Crippen molar-refractivity contribution in [1.82, 2.24) is 15.2 Å². The number of carboxylic acid groups (broad SMARTS) is 1. The van der Waals surface area contributed by atoms with Gasteiger partial charge in [-0.15, -0.1) is 0 Å². The summed E-state index contributed by atoms with van der Waals surface area (Å²) in [5.74, 6) is -1.81. The van der Waals surface area contributed by atoms with Gasteiger partial charge in [-0.2, -0.15) is 5.10 Å². The molecule has 0 aromatic carbocycles. The van der Waals surface area contributed by atoms with Gasteiger partial charge in [-0.1, -0.05) is 0 Å². The average molecular weight is 239 g/mol. The number of aromatic carboxylic acids is 1. The van der Waals surface area contributed by atoms with E-state index in [9.17, 15) is 9.18 Å². The molecule has 2 heterocycles. The van der Waals surface area contributed by atoms with Crippen molar-refractivity contribution in [3.05, 3.63) is 47.8 Å². The summed E-state index contributed by atoms with van der Waals surface area (Å²) >= 11 is 0. The van der Waals surface area contributed by atoms with Crippen LogP contribution in [0.5, 0.6) is 0 Å². The second kappa shape index (κ2) is 6.33. The van der Waals surface area contributed by atoms with Crippen LogP contribution >= 0.6 is 0 Å². The normalized spacial score (nSPS) is 9.29. The summed E-state index contributed by atoms with van der Waals surface area (Å²) in [6.45, 7) is 0.0417. The van der Waals surface area contributed by atoms with Crippen LogP contribution in [0.3, 0.4) is 0 Å². The van der Waals surface area contributed by atoms with Crippen LogP contribution in [0.2, 0.25) is 0 Å². The fourth-order valence-corrected chi connectivity index (χ4v) is 0.902. The summed E-state index contributed by atoms with van der Waals surface area (Å²) in [5, 5.41) is 22.9. The Balaban J connectivity index is 0.000000181. The van der Waals surface area contributed by atoms with E-state index in [-0.39, 0.29) is 12.2 Å². The van der Waals surface area contributed by atoms with Crippen molar-refractivity contribution in [2.45, 2.75) is 6.61 Å². The summed E-state index contributed by atoms with van der Waals surface area (Å²) in [7, 11) is 0. The molecular formula is C10H10FN3O3. The van der Waals surface area contributed by atoms with Crippen LogP contribution in [0.1, 0.15) is 16.1 Å². The van der Waals surface area contributed by atoms with Crippen molar-refractivity contribution >= 4 is 5.97 Å². The maximum atomic E-state index is 12.2. The molecule has 0 radical (unpaired) electrons. The molecule has 0 bridgehead atoms. The summed E-state index contributed by atoms with van der Waals surface area (Å²) in [5.41, 5.74) is 0.611. The molecule has 7 heteroatoms. The first-order valence-electron chi connectivity index (χ1n) is 4.56. The minimum Gasteiger partial charge on any atom is -0.478 e. The molecule has 0 amide bonds. The number of pyridine rings is 1. The smallest absolute Gasteiger partial charge is 0.337 e. The van der Waals surface area contributed by atoms with Crippen LogP contribution in [-0.4, -0.2) is 31.4 Å². The van der Waals surface area contributed by atoms with Crippen molar-refractivity contribution in [3.8, 4) is 0 Å². The van der Waals surface area contributed by atoms with E-state index in [4.69, 9.17) is 10.2 Å². The Kier molecular flexibility index (Phi) is 4.77. The molecule has 0 aliphatic rings. The second-order valence-electron chi connectivity index (χ2n) is 2.94. The van der Waals surface area contributed by atoms with Gasteiger partial charge in [0.15, 0.2) is 0 Å². The first-order valence-corrected chi connectivity index (χ1v) is 4.56. The lowest BCUT2D eigenvalue weighted by molar-refractivity contribution is 0.0696. The lowest BCUT2D eigenvalue weighted by Gasteiger charge is -1.90. The van der Waals surface area contributed by atoms with E-state index >= 15 is 0 Å². The minimum absolute atomic E-state index is 0.0417. The monoisotopic (exact) mass is 239 g/mol. The highest BCUT2D eigenvalue weighted by Crippen LogP contribution is 1.99. The molecule has 0 saturated heterocycles. The number of aromatic amines is 1. The highest BCUT2D eigenvalue weighted by molar-refractivity contribution is 5.87. The van der Waals surface area contributed by atoms with Gasteiger partial charge in [-0.25, -0.2) is 9.18 Å². The van der Waals surface area contributed by atoms with Gasteiger partial charge in [0.05, 0.1) is 24.1 Å². The molecule has 2 rings (SSSR count). The molecule has 0 unspecified atom stereocenters. The zero-order valence-corrected chi connectivity index (χ0v) is 8.67. The average Bonchev–Trinajstić information content (AvgIpc) is 2.82. The summed E-state index contributed by atoms with van der Waals surface area (Å²) < 4.78 is 12.2. The van der Waals surface area contributed by atoms with Gasteiger partial charge < -0.3 is 10.2 Å². The van der Waals surface area contributed by atoms with Crippen LogP contribution < -0.4 is 0 Å². The Bertz CT molecular complexity index is 473. The van der Waals surface area contributed by atoms with Crippen LogP contribution in [-0.2, 0) is 6.61 Å². The van der Waals surface area contributed by atoms with Gasteiger partial charge in [0.25, 0.3) is 0 Å². The van der Waals surface area contributed by atoms with E-state index in [1.807, 2.05) is 0 Å². The van der Waals surface area contributed by atoms with Gasteiger partial charge in [-0.3, -0.25) is 10.1 Å². The molecule has 0 saturated carbocycles. The van der Waals surface area contributed by atoms with Gasteiger partial charge in [0.1, 0.15) is 5.82 Å². The lowest BCUT2D eigenvalue weighted by Crippen LogP contribution is -1.97. The molecule has 6 nitrogen and oxygen atoms in total. The van der Waals surface area contributed by atoms with Crippen LogP contribution in [0, 0.1) is 5.82 Å². The fourth-order valence-electron chi connectivity index (χ4n) is 0.902. The quantitative estimate of drug-likeness (QED) is 0.720. The topological polar surface area (TPSA) is 99.1 Å². The van der Waals surface area contributed by atoms with Gasteiger partial charge in [-0.05, 0) is 12.1 Å². The Morgan fingerprint density at radius 3 is 2.59 bits per heavy atom. The first-order chi connectivity index (χ1) is 8.13. The third kappa shape index (κ3) is 4.39. The van der Waals surface area contributed by atoms with E-state index < -0.39 is 11.8 Å². The molecule has 3 N–H and O–H groups in total. The Morgan fingerprint density at radius 2 is 2.24 bits per heavy atom. The zero-order valence-electron chi connectivity index (χ0n) is 8.67. The van der Waals surface area contributed by atoms with Gasteiger partial charge in [0, 0.05) is 12.4 Å². The number of aliphatic hydroxyl groups excluding tert-OH is 1. The number of halogens is 1. The van der Waals surface area contributed by atoms with Gasteiger partial charge in [0.2, 0.25) is 0 Å². The zero-order chi connectivity index (χ0) is 12.7. The summed E-state index contributed by atoms with van der Waals surface area (Å²) in [4.78, 5) is 13.5. The maximum Gasteiger partial charge on any atom is 0.337 e. The molecule has 0 aliphatic carbocycles. The van der Waals surface area contributed by atoms with Crippen molar-refractivity contribution in [1.29, 1.82) is 0 Å². The number of H-pyrrole nitrogens is 1. The number of nitrogens with one attached hydrogen (secondary N) is 1. The highest BCUT2D eigenvalue weighted by atomic mass is 19.1. The summed E-state index contributed by atoms with van der Waals surface area (Å²) in [6.07, 6.45) is 3.64. The van der Waals surface area contributed by atoms with Crippen LogP contribution in [0.4, 0.5) is 4.39 Å². The number of nitrogens with zero attached hydrogens (tertiary/aromatic N) is 2. The van der Waals surface area contributed by atoms with E-state index in [2.05, 4.69) is 15.2 Å². The van der Waals surface area contributed by atoms with Crippen molar-refractivity contribution < 1.29 is 19.4 Å². The molecule has 90 valence electrons. The number of rotatable bonds is 2. The number of aromatic nitrogens is 3. The van der Waals surface area contributed by atoms with E-state index in [1.54, 1.807) is 12.3 Å². The van der Waals surface area contributed by atoms with Crippen molar-refractivity contribution in [2.75, 3.05) is 0 Å². The Labute approximate surface area is 95.8 Å².